The van der Waals surface area contributed by atoms with Gasteiger partial charge in [0.25, 0.3) is 5.56 Å². The molecule has 0 spiro atoms. The number of thioether (sulfide) groups is 1. The molecule has 0 unspecified atom stereocenters. The Bertz CT molecular complexity index is 756. The Balaban J connectivity index is 2.20. The zero-order valence-corrected chi connectivity index (χ0v) is 15.3. The SMILES string of the molecule is CCC(=O)O[C@@H]1C[C@@H](n2cc(C)c(=O)[nH]c2=O)O[C@@H]1CSC(=O)CC. The molecule has 25 heavy (non-hydrogen) atoms. The molecule has 138 valence electrons. The van der Waals surface area contributed by atoms with Gasteiger partial charge >= 0.3 is 11.7 Å². The van der Waals surface area contributed by atoms with Crippen LogP contribution in [0.15, 0.2) is 15.8 Å². The number of aromatic amines is 1. The van der Waals surface area contributed by atoms with E-state index in [0.29, 0.717) is 17.7 Å². The van der Waals surface area contributed by atoms with Gasteiger partial charge < -0.3 is 9.47 Å². The van der Waals surface area contributed by atoms with Gasteiger partial charge in [0.1, 0.15) is 18.4 Å². The predicted octanol–water partition coefficient (Wildman–Crippen LogP) is 1.12. The molecule has 1 fully saturated rings. The Kier molecular flexibility index (Phi) is 6.60. The summed E-state index contributed by atoms with van der Waals surface area (Å²) in [5.74, 6) is -0.0295. The topological polar surface area (TPSA) is 107 Å². The first kappa shape index (κ1) is 19.5. The minimum absolute atomic E-state index is 0.0182. The monoisotopic (exact) mass is 370 g/mol. The van der Waals surface area contributed by atoms with E-state index in [0.717, 1.165) is 11.8 Å². The van der Waals surface area contributed by atoms with Crippen LogP contribution in [-0.2, 0) is 19.1 Å². The summed E-state index contributed by atoms with van der Waals surface area (Å²) in [6.45, 7) is 5.05. The van der Waals surface area contributed by atoms with Gasteiger partial charge in [-0.2, -0.15) is 0 Å². The van der Waals surface area contributed by atoms with Crippen molar-refractivity contribution in [2.45, 2.75) is 58.5 Å². The average Bonchev–Trinajstić information content (AvgIpc) is 2.98. The minimum atomic E-state index is -0.667. The molecule has 3 atom stereocenters. The Morgan fingerprint density at radius 3 is 2.72 bits per heavy atom. The summed E-state index contributed by atoms with van der Waals surface area (Å²) >= 11 is 1.12. The molecule has 8 nitrogen and oxygen atoms in total. The van der Waals surface area contributed by atoms with Crippen molar-refractivity contribution in [1.29, 1.82) is 0 Å². The van der Waals surface area contributed by atoms with Gasteiger partial charge in [0, 0.05) is 36.8 Å². The fourth-order valence-electron chi connectivity index (χ4n) is 2.47. The lowest BCUT2D eigenvalue weighted by Crippen LogP contribution is -2.33. The lowest BCUT2D eigenvalue weighted by Gasteiger charge is -2.18. The number of ether oxygens (including phenoxy) is 2. The second-order valence-electron chi connectivity index (χ2n) is 5.76. The first-order chi connectivity index (χ1) is 11.8. The third-order valence-electron chi connectivity index (χ3n) is 3.91. The van der Waals surface area contributed by atoms with E-state index in [-0.39, 0.29) is 23.9 Å². The van der Waals surface area contributed by atoms with Crippen LogP contribution in [0.2, 0.25) is 0 Å². The number of nitrogens with zero attached hydrogens (tertiary/aromatic N) is 1. The third-order valence-corrected chi connectivity index (χ3v) is 5.01. The Morgan fingerprint density at radius 2 is 2.08 bits per heavy atom. The molecule has 1 saturated heterocycles. The summed E-state index contributed by atoms with van der Waals surface area (Å²) in [6, 6.07) is 0. The molecule has 0 bridgehead atoms. The number of carbonyl (C=O) groups excluding carboxylic acids is 2. The normalized spacial score (nSPS) is 22.8. The molecular formula is C16H22N2O6S. The molecule has 1 aliphatic heterocycles. The van der Waals surface area contributed by atoms with Crippen LogP contribution in [0.5, 0.6) is 0 Å². The smallest absolute Gasteiger partial charge is 0.330 e. The van der Waals surface area contributed by atoms with Crippen molar-refractivity contribution in [3.63, 3.8) is 0 Å². The fraction of sp³-hybridized carbons (Fsp3) is 0.625. The Hall–Kier alpha value is -1.87. The number of rotatable bonds is 6. The molecule has 2 rings (SSSR count). The molecule has 1 aliphatic rings. The molecule has 0 aliphatic carbocycles. The number of nitrogens with one attached hydrogen (secondary N) is 1. The summed E-state index contributed by atoms with van der Waals surface area (Å²) in [5, 5.41) is 0.0182. The molecule has 2 heterocycles. The lowest BCUT2D eigenvalue weighted by molar-refractivity contribution is -0.150. The predicted molar refractivity (Wildman–Crippen MR) is 92.5 cm³/mol. The maximum atomic E-state index is 12.0. The van der Waals surface area contributed by atoms with Gasteiger partial charge in [0.15, 0.2) is 5.12 Å². The molecule has 1 aromatic rings. The van der Waals surface area contributed by atoms with E-state index in [9.17, 15) is 19.2 Å². The molecule has 9 heteroatoms. The van der Waals surface area contributed by atoms with E-state index < -0.39 is 29.7 Å². The Morgan fingerprint density at radius 1 is 1.36 bits per heavy atom. The average molecular weight is 370 g/mol. The van der Waals surface area contributed by atoms with Gasteiger partial charge in [-0.25, -0.2) is 4.79 Å². The number of H-pyrrole nitrogens is 1. The number of hydrogen-bond acceptors (Lipinski definition) is 7. The van der Waals surface area contributed by atoms with Crippen molar-refractivity contribution >= 4 is 22.8 Å². The number of esters is 1. The van der Waals surface area contributed by atoms with E-state index in [4.69, 9.17) is 9.47 Å². The third kappa shape index (κ3) is 4.82. The summed E-state index contributed by atoms with van der Waals surface area (Å²) in [5.41, 5.74) is -0.655. The zero-order chi connectivity index (χ0) is 18.6. The van der Waals surface area contributed by atoms with Crippen molar-refractivity contribution in [2.75, 3.05) is 5.75 Å². The van der Waals surface area contributed by atoms with Crippen LogP contribution in [0.3, 0.4) is 0 Å². The first-order valence-electron chi connectivity index (χ1n) is 8.18. The number of hydrogen-bond donors (Lipinski definition) is 1. The van der Waals surface area contributed by atoms with E-state index in [1.807, 2.05) is 0 Å². The highest BCUT2D eigenvalue weighted by Gasteiger charge is 2.39. The van der Waals surface area contributed by atoms with Crippen LogP contribution in [0, 0.1) is 6.92 Å². The standard InChI is InChI=1S/C16H22N2O6S/c1-4-13(19)24-10-6-12(23-11(10)8-25-14(20)5-2)18-7-9(3)15(21)17-16(18)22/h7,10-12H,4-6,8H2,1-3H3,(H,17,21,22)/t10-,11-,12+/m1/s1. The van der Waals surface area contributed by atoms with Gasteiger partial charge in [-0.05, 0) is 6.92 Å². The van der Waals surface area contributed by atoms with Gasteiger partial charge in [-0.15, -0.1) is 0 Å². The van der Waals surface area contributed by atoms with Gasteiger partial charge in [0.05, 0.1) is 0 Å². The molecule has 0 aromatic carbocycles. The van der Waals surface area contributed by atoms with Crippen LogP contribution in [0.4, 0.5) is 0 Å². The van der Waals surface area contributed by atoms with Gasteiger partial charge in [-0.1, -0.05) is 25.6 Å². The number of carbonyl (C=O) groups is 2. The number of aryl methyl sites for hydroxylation is 1. The molecule has 0 amide bonds. The van der Waals surface area contributed by atoms with Crippen LogP contribution in [0.1, 0.15) is 44.9 Å². The molecule has 0 radical (unpaired) electrons. The van der Waals surface area contributed by atoms with E-state index in [1.54, 1.807) is 20.8 Å². The highest BCUT2D eigenvalue weighted by molar-refractivity contribution is 8.13. The second kappa shape index (κ2) is 8.48. The molecule has 1 aromatic heterocycles. The molecular weight excluding hydrogens is 348 g/mol. The van der Waals surface area contributed by atoms with Crippen molar-refractivity contribution in [1.82, 2.24) is 9.55 Å². The fourth-order valence-corrected chi connectivity index (χ4v) is 3.32. The van der Waals surface area contributed by atoms with Crippen LogP contribution in [-0.4, -0.2) is 38.6 Å². The second-order valence-corrected chi connectivity index (χ2v) is 6.84. The minimum Gasteiger partial charge on any atom is -0.459 e. The van der Waals surface area contributed by atoms with Crippen LogP contribution in [0.25, 0.3) is 0 Å². The van der Waals surface area contributed by atoms with E-state index >= 15 is 0 Å². The summed E-state index contributed by atoms with van der Waals surface area (Å²) in [4.78, 5) is 49.0. The van der Waals surface area contributed by atoms with Gasteiger partial charge in [0.2, 0.25) is 0 Å². The first-order valence-corrected chi connectivity index (χ1v) is 9.16. The van der Waals surface area contributed by atoms with Crippen LogP contribution < -0.4 is 11.2 Å². The largest absolute Gasteiger partial charge is 0.459 e. The maximum Gasteiger partial charge on any atom is 0.330 e. The van der Waals surface area contributed by atoms with E-state index in [2.05, 4.69) is 4.98 Å². The summed E-state index contributed by atoms with van der Waals surface area (Å²) in [7, 11) is 0. The van der Waals surface area contributed by atoms with Gasteiger partial charge in [-0.3, -0.25) is 23.9 Å². The molecule has 1 N–H and O–H groups in total. The van der Waals surface area contributed by atoms with Crippen LogP contribution >= 0.6 is 11.8 Å². The Labute approximate surface area is 148 Å². The highest BCUT2D eigenvalue weighted by Crippen LogP contribution is 2.32. The molecule has 0 saturated carbocycles. The van der Waals surface area contributed by atoms with Crippen molar-refractivity contribution in [3.8, 4) is 0 Å². The lowest BCUT2D eigenvalue weighted by atomic mass is 10.2. The zero-order valence-electron chi connectivity index (χ0n) is 14.4. The summed E-state index contributed by atoms with van der Waals surface area (Å²) < 4.78 is 12.6. The van der Waals surface area contributed by atoms with E-state index in [1.165, 1.54) is 10.8 Å². The number of aromatic nitrogens is 2. The quantitative estimate of drug-likeness (QED) is 0.748. The van der Waals surface area contributed by atoms with Crippen molar-refractivity contribution < 1.29 is 19.1 Å². The summed E-state index contributed by atoms with van der Waals surface area (Å²) in [6.07, 6.45) is 0.625. The van der Waals surface area contributed by atoms with Crippen molar-refractivity contribution in [2.24, 2.45) is 0 Å². The van der Waals surface area contributed by atoms with Crippen molar-refractivity contribution in [3.05, 3.63) is 32.6 Å². The maximum absolute atomic E-state index is 12.0. The highest BCUT2D eigenvalue weighted by atomic mass is 32.2.